The summed E-state index contributed by atoms with van der Waals surface area (Å²) >= 11 is 0. The van der Waals surface area contributed by atoms with Crippen LogP contribution in [0.15, 0.2) is 35.3 Å². The first-order valence-corrected chi connectivity index (χ1v) is 9.01. The van der Waals surface area contributed by atoms with Crippen LogP contribution in [0.5, 0.6) is 17.2 Å². The Balaban J connectivity index is 1.62. The van der Waals surface area contributed by atoms with Gasteiger partial charge in [-0.3, -0.25) is 4.79 Å². The van der Waals surface area contributed by atoms with E-state index in [1.165, 1.54) is 0 Å². The molecule has 2 N–H and O–H groups in total. The van der Waals surface area contributed by atoms with Gasteiger partial charge in [0, 0.05) is 24.4 Å². The van der Waals surface area contributed by atoms with Gasteiger partial charge in [0.05, 0.1) is 11.1 Å². The molecule has 0 spiro atoms. The summed E-state index contributed by atoms with van der Waals surface area (Å²) in [5, 5.41) is 4.22. The average Bonchev–Trinajstić information content (AvgIpc) is 2.68. The fraction of sp³-hybridized carbons (Fsp3) is 0.300. The van der Waals surface area contributed by atoms with Crippen LogP contribution in [0.1, 0.15) is 24.0 Å². The van der Waals surface area contributed by atoms with Gasteiger partial charge in [0.15, 0.2) is 0 Å². The number of hydrogen-bond donors (Lipinski definition) is 2. The van der Waals surface area contributed by atoms with Crippen molar-refractivity contribution in [3.05, 3.63) is 51.9 Å². The molecule has 0 atom stereocenters. The topological polar surface area (TPSA) is 76.2 Å². The van der Waals surface area contributed by atoms with Crippen LogP contribution in [0.25, 0.3) is 11.0 Å². The lowest BCUT2D eigenvalue weighted by Gasteiger charge is -2.21. The van der Waals surface area contributed by atoms with Gasteiger partial charge in [-0.25, -0.2) is 4.98 Å². The summed E-state index contributed by atoms with van der Waals surface area (Å²) in [6, 6.07) is 7.63. The molecule has 0 fully saturated rings. The molecule has 6 heteroatoms. The number of aromatic amines is 1. The molecule has 6 nitrogen and oxygen atoms in total. The summed E-state index contributed by atoms with van der Waals surface area (Å²) in [5.41, 5.74) is 3.49. The predicted molar refractivity (Wildman–Crippen MR) is 99.5 cm³/mol. The van der Waals surface area contributed by atoms with Crippen LogP contribution in [-0.2, 0) is 12.8 Å². The highest BCUT2D eigenvalue weighted by Crippen LogP contribution is 2.37. The van der Waals surface area contributed by atoms with E-state index in [2.05, 4.69) is 15.3 Å². The van der Waals surface area contributed by atoms with Gasteiger partial charge >= 0.3 is 0 Å². The van der Waals surface area contributed by atoms with Crippen molar-refractivity contribution < 1.29 is 9.47 Å². The summed E-state index contributed by atoms with van der Waals surface area (Å²) in [6.07, 6.45) is 5.49. The lowest BCUT2D eigenvalue weighted by atomic mass is 9.90. The first-order chi connectivity index (χ1) is 12.8. The Kier molecular flexibility index (Phi) is 3.55. The quantitative estimate of drug-likeness (QED) is 0.742. The van der Waals surface area contributed by atoms with Crippen molar-refractivity contribution in [2.75, 3.05) is 18.5 Å². The van der Waals surface area contributed by atoms with Crippen molar-refractivity contribution in [1.29, 1.82) is 0 Å². The molecule has 2 aliphatic rings. The highest BCUT2D eigenvalue weighted by Gasteiger charge is 2.20. The Morgan fingerprint density at radius 2 is 2.00 bits per heavy atom. The molecule has 1 aliphatic heterocycles. The van der Waals surface area contributed by atoms with Crippen LogP contribution in [0, 0.1) is 0 Å². The van der Waals surface area contributed by atoms with Crippen molar-refractivity contribution in [2.24, 2.45) is 0 Å². The van der Waals surface area contributed by atoms with Crippen LogP contribution in [0.3, 0.4) is 0 Å². The SMILES string of the molecule is O=c1[nH]c2nccc(Oc3ccc4c(c3)OCCN4)c2c2c1CCCC2. The van der Waals surface area contributed by atoms with E-state index >= 15 is 0 Å². The molecule has 1 aromatic carbocycles. The standard InChI is InChI=1S/C20H19N3O3/c24-20-14-4-2-1-3-13(14)18-16(7-8-22-19(18)23-20)26-12-5-6-15-17(11-12)25-10-9-21-15/h5-8,11,21H,1-4,9-10H2,(H,22,23,24). The minimum Gasteiger partial charge on any atom is -0.489 e. The Morgan fingerprint density at radius 3 is 2.92 bits per heavy atom. The Labute approximate surface area is 150 Å². The Morgan fingerprint density at radius 1 is 1.12 bits per heavy atom. The summed E-state index contributed by atoms with van der Waals surface area (Å²) in [6.45, 7) is 1.45. The predicted octanol–water partition coefficient (Wildman–Crippen LogP) is 3.40. The maximum absolute atomic E-state index is 12.3. The third-order valence-electron chi connectivity index (χ3n) is 5.04. The number of H-pyrrole nitrogens is 1. The number of pyridine rings is 2. The number of ether oxygens (including phenoxy) is 2. The second kappa shape index (κ2) is 6.05. The van der Waals surface area contributed by atoms with E-state index in [1.807, 2.05) is 24.3 Å². The molecule has 3 heterocycles. The van der Waals surface area contributed by atoms with Gasteiger partial charge in [-0.05, 0) is 49.4 Å². The molecule has 5 rings (SSSR count). The molecule has 0 unspecified atom stereocenters. The molecular weight excluding hydrogens is 330 g/mol. The van der Waals surface area contributed by atoms with Crippen LogP contribution >= 0.6 is 0 Å². The normalized spacial score (nSPS) is 15.5. The van der Waals surface area contributed by atoms with Crippen molar-refractivity contribution in [3.8, 4) is 17.2 Å². The maximum atomic E-state index is 12.3. The number of nitrogens with one attached hydrogen (secondary N) is 2. The van der Waals surface area contributed by atoms with Gasteiger partial charge in [0.25, 0.3) is 5.56 Å². The van der Waals surface area contributed by atoms with Crippen LogP contribution < -0.4 is 20.3 Å². The van der Waals surface area contributed by atoms with Gasteiger partial charge in [0.2, 0.25) is 0 Å². The summed E-state index contributed by atoms with van der Waals surface area (Å²) in [5.74, 6) is 2.21. The molecule has 0 bridgehead atoms. The van der Waals surface area contributed by atoms with Gasteiger partial charge in [0.1, 0.15) is 29.5 Å². The zero-order valence-corrected chi connectivity index (χ0v) is 14.3. The maximum Gasteiger partial charge on any atom is 0.253 e. The molecule has 0 amide bonds. The third-order valence-corrected chi connectivity index (χ3v) is 5.04. The highest BCUT2D eigenvalue weighted by atomic mass is 16.5. The zero-order chi connectivity index (χ0) is 17.5. The van der Waals surface area contributed by atoms with E-state index in [1.54, 1.807) is 6.20 Å². The van der Waals surface area contributed by atoms with Crippen LogP contribution in [0.4, 0.5) is 5.69 Å². The number of nitrogens with zero attached hydrogens (tertiary/aromatic N) is 1. The van der Waals surface area contributed by atoms with Crippen molar-refractivity contribution >= 4 is 16.7 Å². The molecular formula is C20H19N3O3. The van der Waals surface area contributed by atoms with E-state index in [0.717, 1.165) is 60.2 Å². The summed E-state index contributed by atoms with van der Waals surface area (Å²) in [4.78, 5) is 19.6. The molecule has 26 heavy (non-hydrogen) atoms. The fourth-order valence-corrected chi connectivity index (χ4v) is 3.84. The van der Waals surface area contributed by atoms with Crippen LogP contribution in [-0.4, -0.2) is 23.1 Å². The number of rotatable bonds is 2. The van der Waals surface area contributed by atoms with Crippen molar-refractivity contribution in [2.45, 2.75) is 25.7 Å². The number of aryl methyl sites for hydroxylation is 1. The van der Waals surface area contributed by atoms with Gasteiger partial charge < -0.3 is 19.8 Å². The number of benzene rings is 1. The smallest absolute Gasteiger partial charge is 0.253 e. The first kappa shape index (κ1) is 15.3. The summed E-state index contributed by atoms with van der Waals surface area (Å²) in [7, 11) is 0. The van der Waals surface area contributed by atoms with E-state index in [0.29, 0.717) is 23.8 Å². The molecule has 132 valence electrons. The molecule has 0 saturated carbocycles. The monoisotopic (exact) mass is 349 g/mol. The van der Waals surface area contributed by atoms with Crippen LogP contribution in [0.2, 0.25) is 0 Å². The van der Waals surface area contributed by atoms with Gasteiger partial charge in [-0.15, -0.1) is 0 Å². The number of anilines is 1. The fourth-order valence-electron chi connectivity index (χ4n) is 3.84. The summed E-state index contributed by atoms with van der Waals surface area (Å²) < 4.78 is 11.9. The molecule has 0 saturated heterocycles. The number of fused-ring (bicyclic) bond motifs is 4. The second-order valence-corrected chi connectivity index (χ2v) is 6.69. The molecule has 2 aromatic heterocycles. The van der Waals surface area contributed by atoms with E-state index < -0.39 is 0 Å². The van der Waals surface area contributed by atoms with Gasteiger partial charge in [-0.2, -0.15) is 0 Å². The molecule has 3 aromatic rings. The molecule has 0 radical (unpaired) electrons. The number of aromatic nitrogens is 2. The highest BCUT2D eigenvalue weighted by molar-refractivity contribution is 5.86. The second-order valence-electron chi connectivity index (χ2n) is 6.69. The minimum absolute atomic E-state index is 0.0231. The van der Waals surface area contributed by atoms with Gasteiger partial charge in [-0.1, -0.05) is 0 Å². The minimum atomic E-state index is -0.0231. The van der Waals surface area contributed by atoms with E-state index in [9.17, 15) is 4.79 Å². The average molecular weight is 349 g/mol. The van der Waals surface area contributed by atoms with E-state index in [-0.39, 0.29) is 5.56 Å². The lowest BCUT2D eigenvalue weighted by Crippen LogP contribution is -2.20. The molecule has 1 aliphatic carbocycles. The lowest BCUT2D eigenvalue weighted by molar-refractivity contribution is 0.321. The van der Waals surface area contributed by atoms with Crippen molar-refractivity contribution in [3.63, 3.8) is 0 Å². The largest absolute Gasteiger partial charge is 0.489 e. The van der Waals surface area contributed by atoms with Crippen molar-refractivity contribution in [1.82, 2.24) is 9.97 Å². The first-order valence-electron chi connectivity index (χ1n) is 9.01. The van der Waals surface area contributed by atoms with E-state index in [4.69, 9.17) is 9.47 Å². The Hall–Kier alpha value is -3.02. The zero-order valence-electron chi connectivity index (χ0n) is 14.3. The number of hydrogen-bond acceptors (Lipinski definition) is 5. The third kappa shape index (κ3) is 2.49. The Bertz CT molecular complexity index is 1060.